The first kappa shape index (κ1) is 13.0. The molecule has 0 aromatic heterocycles. The summed E-state index contributed by atoms with van der Waals surface area (Å²) in [6, 6.07) is 18.2. The maximum atomic E-state index is 12.5. The van der Waals surface area contributed by atoms with Gasteiger partial charge < -0.3 is 0 Å². The second-order valence-electron chi connectivity index (χ2n) is 4.23. The van der Waals surface area contributed by atoms with Gasteiger partial charge in [-0.25, -0.2) is 0 Å². The van der Waals surface area contributed by atoms with E-state index in [4.69, 9.17) is 0 Å². The van der Waals surface area contributed by atoms with Gasteiger partial charge in [0, 0.05) is 11.1 Å². The van der Waals surface area contributed by atoms with Crippen LogP contribution in [0.2, 0.25) is 0 Å². The number of hydrogen-bond acceptors (Lipinski definition) is 2. The maximum absolute atomic E-state index is 12.5. The van der Waals surface area contributed by atoms with E-state index >= 15 is 0 Å². The average molecular weight is 250 g/mol. The van der Waals surface area contributed by atoms with Gasteiger partial charge in [0.25, 0.3) is 0 Å². The first-order valence-corrected chi connectivity index (χ1v) is 6.06. The van der Waals surface area contributed by atoms with Crippen molar-refractivity contribution in [2.24, 2.45) is 0 Å². The molecule has 2 aromatic rings. The van der Waals surface area contributed by atoms with E-state index in [9.17, 15) is 9.59 Å². The first-order chi connectivity index (χ1) is 9.18. The van der Waals surface area contributed by atoms with Gasteiger partial charge in [0.2, 0.25) is 0 Å². The fourth-order valence-electron chi connectivity index (χ4n) is 1.85. The number of benzene rings is 2. The van der Waals surface area contributed by atoms with Gasteiger partial charge in [0.1, 0.15) is 0 Å². The average Bonchev–Trinajstić information content (AvgIpc) is 2.46. The van der Waals surface area contributed by atoms with Crippen LogP contribution in [-0.2, 0) is 4.79 Å². The Hall–Kier alpha value is -2.48. The fraction of sp³-hybridized carbons (Fsp3) is 0.0588. The molecule has 19 heavy (non-hydrogen) atoms. The molecular weight excluding hydrogens is 236 g/mol. The number of hydrogen-bond donors (Lipinski definition) is 0. The standard InChI is InChI=1S/C17H14O2/c1-13(18)12-16(14-8-4-2-5-9-14)17(19)15-10-6-3-7-11-15/h2-12H,1H3/b16-12-. The van der Waals surface area contributed by atoms with Crippen molar-refractivity contribution in [1.29, 1.82) is 0 Å². The Morgan fingerprint density at radius 1 is 0.789 bits per heavy atom. The lowest BCUT2D eigenvalue weighted by molar-refractivity contribution is -0.112. The third-order valence-corrected chi connectivity index (χ3v) is 2.71. The zero-order valence-corrected chi connectivity index (χ0v) is 10.7. The topological polar surface area (TPSA) is 34.1 Å². The molecule has 0 unspecified atom stereocenters. The van der Waals surface area contributed by atoms with Gasteiger partial charge in [-0.3, -0.25) is 9.59 Å². The number of carbonyl (C=O) groups is 2. The lowest BCUT2D eigenvalue weighted by Crippen LogP contribution is -2.04. The summed E-state index contributed by atoms with van der Waals surface area (Å²) in [5.41, 5.74) is 1.77. The second-order valence-corrected chi connectivity index (χ2v) is 4.23. The largest absolute Gasteiger partial charge is 0.295 e. The summed E-state index contributed by atoms with van der Waals surface area (Å²) < 4.78 is 0. The zero-order chi connectivity index (χ0) is 13.7. The Morgan fingerprint density at radius 3 is 1.74 bits per heavy atom. The summed E-state index contributed by atoms with van der Waals surface area (Å²) in [6.45, 7) is 1.45. The molecule has 2 rings (SSSR count). The van der Waals surface area contributed by atoms with E-state index in [-0.39, 0.29) is 11.6 Å². The molecule has 0 spiro atoms. The molecule has 0 atom stereocenters. The summed E-state index contributed by atoms with van der Waals surface area (Å²) in [5, 5.41) is 0. The molecule has 2 heteroatoms. The summed E-state index contributed by atoms with van der Waals surface area (Å²) in [4.78, 5) is 23.8. The SMILES string of the molecule is CC(=O)/C=C(\C(=O)c1ccccc1)c1ccccc1. The Labute approximate surface area is 112 Å². The Balaban J connectivity index is 2.46. The van der Waals surface area contributed by atoms with E-state index in [1.807, 2.05) is 48.5 Å². The van der Waals surface area contributed by atoms with Crippen LogP contribution in [0.1, 0.15) is 22.8 Å². The summed E-state index contributed by atoms with van der Waals surface area (Å²) in [6.07, 6.45) is 1.39. The molecule has 0 aliphatic carbocycles. The van der Waals surface area contributed by atoms with E-state index in [2.05, 4.69) is 0 Å². The fourth-order valence-corrected chi connectivity index (χ4v) is 1.85. The minimum atomic E-state index is -0.137. The van der Waals surface area contributed by atoms with Crippen molar-refractivity contribution < 1.29 is 9.59 Å². The summed E-state index contributed by atoms with van der Waals surface area (Å²) >= 11 is 0. The minimum Gasteiger partial charge on any atom is -0.295 e. The maximum Gasteiger partial charge on any atom is 0.193 e. The van der Waals surface area contributed by atoms with Crippen molar-refractivity contribution in [2.45, 2.75) is 6.92 Å². The molecule has 0 aliphatic heterocycles. The molecule has 0 bridgehead atoms. The van der Waals surface area contributed by atoms with Gasteiger partial charge in [-0.2, -0.15) is 0 Å². The van der Waals surface area contributed by atoms with Crippen LogP contribution >= 0.6 is 0 Å². The highest BCUT2D eigenvalue weighted by Gasteiger charge is 2.14. The van der Waals surface area contributed by atoms with Crippen LogP contribution in [0.3, 0.4) is 0 Å². The van der Waals surface area contributed by atoms with Crippen LogP contribution in [0.5, 0.6) is 0 Å². The summed E-state index contributed by atoms with van der Waals surface area (Å²) in [5.74, 6) is -0.273. The highest BCUT2D eigenvalue weighted by Crippen LogP contribution is 2.19. The molecule has 94 valence electrons. The number of ketones is 2. The van der Waals surface area contributed by atoms with Crippen molar-refractivity contribution >= 4 is 17.1 Å². The Bertz CT molecular complexity index is 610. The van der Waals surface area contributed by atoms with Crippen molar-refractivity contribution in [3.8, 4) is 0 Å². The number of rotatable bonds is 4. The van der Waals surface area contributed by atoms with Crippen molar-refractivity contribution in [2.75, 3.05) is 0 Å². The number of allylic oxidation sites excluding steroid dienone is 2. The molecule has 0 saturated heterocycles. The first-order valence-electron chi connectivity index (χ1n) is 6.06. The van der Waals surface area contributed by atoms with E-state index in [1.165, 1.54) is 13.0 Å². The van der Waals surface area contributed by atoms with Crippen molar-refractivity contribution in [3.05, 3.63) is 77.9 Å². The van der Waals surface area contributed by atoms with Crippen molar-refractivity contribution in [1.82, 2.24) is 0 Å². The van der Waals surface area contributed by atoms with Crippen LogP contribution in [0.15, 0.2) is 66.7 Å². The molecule has 0 saturated carbocycles. The van der Waals surface area contributed by atoms with Gasteiger partial charge in [-0.15, -0.1) is 0 Å². The quantitative estimate of drug-likeness (QED) is 0.614. The van der Waals surface area contributed by atoms with Crippen LogP contribution in [0.4, 0.5) is 0 Å². The molecular formula is C17H14O2. The molecule has 0 aliphatic rings. The molecule has 2 nitrogen and oxygen atoms in total. The van der Waals surface area contributed by atoms with Crippen molar-refractivity contribution in [3.63, 3.8) is 0 Å². The smallest absolute Gasteiger partial charge is 0.193 e. The normalized spacial score (nSPS) is 11.1. The highest BCUT2D eigenvalue weighted by atomic mass is 16.1. The second kappa shape index (κ2) is 5.91. The van der Waals surface area contributed by atoms with Crippen LogP contribution in [0, 0.1) is 0 Å². The van der Waals surface area contributed by atoms with E-state index in [0.717, 1.165) is 5.56 Å². The third-order valence-electron chi connectivity index (χ3n) is 2.71. The Morgan fingerprint density at radius 2 is 1.26 bits per heavy atom. The molecule has 2 aromatic carbocycles. The molecule has 0 N–H and O–H groups in total. The molecule has 0 fully saturated rings. The molecule has 0 radical (unpaired) electrons. The predicted molar refractivity (Wildman–Crippen MR) is 75.9 cm³/mol. The zero-order valence-electron chi connectivity index (χ0n) is 10.7. The lowest BCUT2D eigenvalue weighted by Gasteiger charge is -2.06. The monoisotopic (exact) mass is 250 g/mol. The predicted octanol–water partition coefficient (Wildman–Crippen LogP) is 3.54. The highest BCUT2D eigenvalue weighted by molar-refractivity contribution is 6.31. The van der Waals surface area contributed by atoms with Gasteiger partial charge >= 0.3 is 0 Å². The van der Waals surface area contributed by atoms with E-state index < -0.39 is 0 Å². The Kier molecular flexibility index (Phi) is 4.04. The lowest BCUT2D eigenvalue weighted by atomic mass is 9.96. The molecule has 0 amide bonds. The van der Waals surface area contributed by atoms with Crippen LogP contribution < -0.4 is 0 Å². The van der Waals surface area contributed by atoms with Gasteiger partial charge in [-0.05, 0) is 18.6 Å². The number of Topliss-reactive ketones (excluding diaryl/α,β-unsaturated/α-hetero) is 1. The van der Waals surface area contributed by atoms with E-state index in [0.29, 0.717) is 11.1 Å². The van der Waals surface area contributed by atoms with E-state index in [1.54, 1.807) is 12.1 Å². The van der Waals surface area contributed by atoms with Gasteiger partial charge in [-0.1, -0.05) is 60.7 Å². The third kappa shape index (κ3) is 3.26. The minimum absolute atomic E-state index is 0.136. The van der Waals surface area contributed by atoms with Crippen LogP contribution in [-0.4, -0.2) is 11.6 Å². The summed E-state index contributed by atoms with van der Waals surface area (Å²) in [7, 11) is 0. The van der Waals surface area contributed by atoms with Gasteiger partial charge in [0.15, 0.2) is 11.6 Å². The molecule has 0 heterocycles. The number of carbonyl (C=O) groups excluding carboxylic acids is 2. The van der Waals surface area contributed by atoms with Crippen LogP contribution in [0.25, 0.3) is 5.57 Å². The van der Waals surface area contributed by atoms with Gasteiger partial charge in [0.05, 0.1) is 0 Å².